The summed E-state index contributed by atoms with van der Waals surface area (Å²) < 4.78 is 0.686. The third-order valence-electron chi connectivity index (χ3n) is 1.96. The fourth-order valence-electron chi connectivity index (χ4n) is 1.17. The molecule has 0 unspecified atom stereocenters. The van der Waals surface area contributed by atoms with Crippen molar-refractivity contribution in [1.29, 1.82) is 0 Å². The summed E-state index contributed by atoms with van der Waals surface area (Å²) in [5.74, 6) is -0.232. The van der Waals surface area contributed by atoms with Gasteiger partial charge in [0.15, 0.2) is 0 Å². The van der Waals surface area contributed by atoms with Gasteiger partial charge in [-0.25, -0.2) is 4.79 Å². The number of benzene rings is 1. The second-order valence-electron chi connectivity index (χ2n) is 3.39. The highest BCUT2D eigenvalue weighted by Gasteiger charge is 2.05. The fraction of sp³-hybridized carbons (Fsp3) is 0.273. The standard InChI is InChI=1S/C11H13BrClN3O2/c1-2-14-10(17)6-15-11(18)16-7-3-4-9(13)8(12)5-7/h3-5H,2,6H2,1H3,(H,14,17)(H2,15,16,18). The molecule has 0 aliphatic carbocycles. The highest BCUT2D eigenvalue weighted by atomic mass is 79.9. The van der Waals surface area contributed by atoms with E-state index < -0.39 is 6.03 Å². The summed E-state index contributed by atoms with van der Waals surface area (Å²) >= 11 is 9.08. The van der Waals surface area contributed by atoms with Gasteiger partial charge in [-0.15, -0.1) is 0 Å². The summed E-state index contributed by atoms with van der Waals surface area (Å²) in [6, 6.07) is 4.55. The minimum Gasteiger partial charge on any atom is -0.355 e. The first-order valence-corrected chi connectivity index (χ1v) is 6.46. The minimum atomic E-state index is -0.449. The lowest BCUT2D eigenvalue weighted by Gasteiger charge is -2.08. The second kappa shape index (κ2) is 7.23. The van der Waals surface area contributed by atoms with E-state index in [9.17, 15) is 9.59 Å². The van der Waals surface area contributed by atoms with Gasteiger partial charge in [-0.2, -0.15) is 0 Å². The summed E-state index contributed by atoms with van der Waals surface area (Å²) in [6.45, 7) is 2.28. The molecule has 0 aliphatic rings. The van der Waals surface area contributed by atoms with E-state index >= 15 is 0 Å². The van der Waals surface area contributed by atoms with Crippen LogP contribution in [0, 0.1) is 0 Å². The van der Waals surface area contributed by atoms with Crippen molar-refractivity contribution >= 4 is 45.2 Å². The molecule has 0 saturated heterocycles. The maximum Gasteiger partial charge on any atom is 0.319 e. The van der Waals surface area contributed by atoms with E-state index in [1.165, 1.54) is 0 Å². The molecule has 0 saturated carbocycles. The molecule has 18 heavy (non-hydrogen) atoms. The number of rotatable bonds is 4. The maximum atomic E-state index is 11.5. The molecule has 0 bridgehead atoms. The summed E-state index contributed by atoms with van der Waals surface area (Å²) in [5.41, 5.74) is 0.583. The van der Waals surface area contributed by atoms with Gasteiger partial charge < -0.3 is 16.0 Å². The predicted molar refractivity (Wildman–Crippen MR) is 74.9 cm³/mol. The highest BCUT2D eigenvalue weighted by Crippen LogP contribution is 2.25. The Morgan fingerprint density at radius 3 is 2.67 bits per heavy atom. The van der Waals surface area contributed by atoms with Crippen molar-refractivity contribution in [1.82, 2.24) is 10.6 Å². The Bertz CT molecular complexity index is 454. The van der Waals surface area contributed by atoms with Crippen LogP contribution in [-0.2, 0) is 4.79 Å². The summed E-state index contributed by atoms with van der Waals surface area (Å²) in [7, 11) is 0. The summed E-state index contributed by atoms with van der Waals surface area (Å²) in [4.78, 5) is 22.6. The molecule has 0 atom stereocenters. The molecule has 7 heteroatoms. The van der Waals surface area contributed by atoms with E-state index in [1.807, 2.05) is 6.92 Å². The number of hydrogen-bond donors (Lipinski definition) is 3. The van der Waals surface area contributed by atoms with Crippen LogP contribution in [0.15, 0.2) is 22.7 Å². The van der Waals surface area contributed by atoms with Crippen LogP contribution in [0.4, 0.5) is 10.5 Å². The van der Waals surface area contributed by atoms with Crippen molar-refractivity contribution in [3.8, 4) is 0 Å². The van der Waals surface area contributed by atoms with Crippen LogP contribution < -0.4 is 16.0 Å². The van der Waals surface area contributed by atoms with Crippen LogP contribution in [0.2, 0.25) is 5.02 Å². The normalized spacial score (nSPS) is 9.72. The lowest BCUT2D eigenvalue weighted by Crippen LogP contribution is -2.38. The SMILES string of the molecule is CCNC(=O)CNC(=O)Nc1ccc(Cl)c(Br)c1. The topological polar surface area (TPSA) is 70.2 Å². The average molecular weight is 335 g/mol. The maximum absolute atomic E-state index is 11.5. The Labute approximate surface area is 118 Å². The quantitative estimate of drug-likeness (QED) is 0.791. The molecule has 0 heterocycles. The molecular weight excluding hydrogens is 321 g/mol. The lowest BCUT2D eigenvalue weighted by atomic mass is 10.3. The predicted octanol–water partition coefficient (Wildman–Crippen LogP) is 2.36. The van der Waals surface area contributed by atoms with Gasteiger partial charge >= 0.3 is 6.03 Å². The Morgan fingerprint density at radius 1 is 1.33 bits per heavy atom. The van der Waals surface area contributed by atoms with Gasteiger partial charge in [0, 0.05) is 16.7 Å². The van der Waals surface area contributed by atoms with Crippen molar-refractivity contribution in [3.63, 3.8) is 0 Å². The number of carbonyl (C=O) groups excluding carboxylic acids is 2. The zero-order valence-corrected chi connectivity index (χ0v) is 12.1. The molecule has 3 N–H and O–H groups in total. The van der Waals surface area contributed by atoms with E-state index in [0.29, 0.717) is 21.7 Å². The molecular formula is C11H13BrClN3O2. The van der Waals surface area contributed by atoms with Crippen LogP contribution in [-0.4, -0.2) is 25.0 Å². The zero-order valence-electron chi connectivity index (χ0n) is 9.72. The number of carbonyl (C=O) groups is 2. The van der Waals surface area contributed by atoms with Gasteiger partial charge in [0.25, 0.3) is 0 Å². The molecule has 0 aliphatic heterocycles. The molecule has 0 aromatic heterocycles. The number of urea groups is 1. The van der Waals surface area contributed by atoms with Crippen LogP contribution in [0.3, 0.4) is 0 Å². The van der Waals surface area contributed by atoms with Crippen LogP contribution in [0.5, 0.6) is 0 Å². The van der Waals surface area contributed by atoms with Crippen LogP contribution in [0.25, 0.3) is 0 Å². The van der Waals surface area contributed by atoms with Gasteiger partial charge in [0.2, 0.25) is 5.91 Å². The Kier molecular flexibility index (Phi) is 5.94. The molecule has 0 spiro atoms. The number of halogens is 2. The smallest absolute Gasteiger partial charge is 0.319 e. The van der Waals surface area contributed by atoms with E-state index in [-0.39, 0.29) is 12.5 Å². The first-order chi connectivity index (χ1) is 8.52. The fourth-order valence-corrected chi connectivity index (χ4v) is 1.67. The van der Waals surface area contributed by atoms with Crippen molar-refractivity contribution in [2.24, 2.45) is 0 Å². The molecule has 0 radical (unpaired) electrons. The largest absolute Gasteiger partial charge is 0.355 e. The van der Waals surface area contributed by atoms with E-state index in [0.717, 1.165) is 0 Å². The Morgan fingerprint density at radius 2 is 2.06 bits per heavy atom. The zero-order chi connectivity index (χ0) is 13.5. The molecule has 1 rings (SSSR count). The highest BCUT2D eigenvalue weighted by molar-refractivity contribution is 9.10. The monoisotopic (exact) mass is 333 g/mol. The van der Waals surface area contributed by atoms with Gasteiger partial charge in [-0.3, -0.25) is 4.79 Å². The minimum absolute atomic E-state index is 0.0611. The van der Waals surface area contributed by atoms with Crippen LogP contribution >= 0.6 is 27.5 Å². The number of hydrogen-bond acceptors (Lipinski definition) is 2. The Hall–Kier alpha value is -1.27. The van der Waals surface area contributed by atoms with Gasteiger partial charge in [0.05, 0.1) is 11.6 Å². The van der Waals surface area contributed by atoms with Gasteiger partial charge in [-0.05, 0) is 41.1 Å². The molecule has 1 aromatic rings. The van der Waals surface area contributed by atoms with Crippen molar-refractivity contribution in [3.05, 3.63) is 27.7 Å². The number of amides is 3. The first-order valence-electron chi connectivity index (χ1n) is 5.29. The van der Waals surface area contributed by atoms with Crippen molar-refractivity contribution < 1.29 is 9.59 Å². The number of anilines is 1. The molecule has 3 amide bonds. The third kappa shape index (κ3) is 4.93. The van der Waals surface area contributed by atoms with Crippen molar-refractivity contribution in [2.75, 3.05) is 18.4 Å². The average Bonchev–Trinajstić information content (AvgIpc) is 2.32. The molecule has 0 fully saturated rings. The van der Waals surface area contributed by atoms with Crippen LogP contribution in [0.1, 0.15) is 6.92 Å². The number of nitrogens with one attached hydrogen (secondary N) is 3. The lowest BCUT2D eigenvalue weighted by molar-refractivity contribution is -0.119. The van der Waals surface area contributed by atoms with E-state index in [4.69, 9.17) is 11.6 Å². The summed E-state index contributed by atoms with van der Waals surface area (Å²) in [6.07, 6.45) is 0. The molecule has 5 nitrogen and oxygen atoms in total. The third-order valence-corrected chi connectivity index (χ3v) is 3.17. The first kappa shape index (κ1) is 14.8. The number of likely N-dealkylation sites (N-methyl/N-ethyl adjacent to an activating group) is 1. The van der Waals surface area contributed by atoms with Gasteiger partial charge in [-0.1, -0.05) is 11.6 Å². The molecule has 98 valence electrons. The van der Waals surface area contributed by atoms with E-state index in [1.54, 1.807) is 18.2 Å². The Balaban J connectivity index is 2.44. The van der Waals surface area contributed by atoms with Gasteiger partial charge in [0.1, 0.15) is 0 Å². The summed E-state index contributed by atoms with van der Waals surface area (Å²) in [5, 5.41) is 8.16. The van der Waals surface area contributed by atoms with Crippen molar-refractivity contribution in [2.45, 2.75) is 6.92 Å². The van der Waals surface area contributed by atoms with E-state index in [2.05, 4.69) is 31.9 Å². The molecule has 1 aromatic carbocycles. The second-order valence-corrected chi connectivity index (χ2v) is 4.65.